The topological polar surface area (TPSA) is 70.6 Å². The molecule has 1 saturated heterocycles. The number of hydrogen-bond acceptors (Lipinski definition) is 4. The molecule has 2 fully saturated rings. The summed E-state index contributed by atoms with van der Waals surface area (Å²) in [4.78, 5) is 17.5. The Morgan fingerprint density at radius 1 is 1.15 bits per heavy atom. The van der Waals surface area contributed by atoms with Gasteiger partial charge in [-0.1, -0.05) is 17.7 Å². The summed E-state index contributed by atoms with van der Waals surface area (Å²) in [6.07, 6.45) is 5.35. The van der Waals surface area contributed by atoms with E-state index in [-0.39, 0.29) is 16.9 Å². The zero-order valence-electron chi connectivity index (χ0n) is 14.9. The predicted molar refractivity (Wildman–Crippen MR) is 105 cm³/mol. The number of aliphatic imine (C=N–C) groups is 1. The maximum Gasteiger partial charge on any atom is 0.225 e. The van der Waals surface area contributed by atoms with Gasteiger partial charge in [0.05, 0.1) is 11.1 Å². The molecule has 8 heteroatoms. The first-order valence-corrected chi connectivity index (χ1v) is 9.53. The molecule has 1 aromatic carbocycles. The number of rotatable bonds is 3. The van der Waals surface area contributed by atoms with Gasteiger partial charge in [-0.25, -0.2) is 19.4 Å². The average molecular weight is 389 g/mol. The van der Waals surface area contributed by atoms with Crippen LogP contribution in [0.3, 0.4) is 0 Å². The summed E-state index contributed by atoms with van der Waals surface area (Å²) in [5.41, 5.74) is 7.30. The van der Waals surface area contributed by atoms with E-state index in [2.05, 4.69) is 24.8 Å². The molecular formula is C19H22ClFN6. The molecule has 0 amide bonds. The van der Waals surface area contributed by atoms with Crippen molar-refractivity contribution in [3.8, 4) is 0 Å². The van der Waals surface area contributed by atoms with Crippen LogP contribution in [0.1, 0.15) is 24.3 Å². The number of anilines is 1. The third-order valence-corrected chi connectivity index (χ3v) is 5.57. The van der Waals surface area contributed by atoms with Crippen molar-refractivity contribution in [3.05, 3.63) is 53.1 Å². The van der Waals surface area contributed by atoms with E-state index in [0.717, 1.165) is 50.5 Å². The molecule has 0 atom stereocenters. The molecular weight excluding hydrogens is 367 g/mol. The van der Waals surface area contributed by atoms with E-state index >= 15 is 0 Å². The Balaban J connectivity index is 1.29. The Morgan fingerprint density at radius 3 is 2.52 bits per heavy atom. The maximum atomic E-state index is 13.3. The van der Waals surface area contributed by atoms with Crippen molar-refractivity contribution in [2.24, 2.45) is 10.7 Å². The van der Waals surface area contributed by atoms with Crippen molar-refractivity contribution in [3.63, 3.8) is 0 Å². The lowest BCUT2D eigenvalue weighted by Crippen LogP contribution is -2.52. The predicted octanol–water partition coefficient (Wildman–Crippen LogP) is 2.65. The minimum absolute atomic E-state index is 0.180. The van der Waals surface area contributed by atoms with Crippen molar-refractivity contribution in [1.82, 2.24) is 14.9 Å². The van der Waals surface area contributed by atoms with Gasteiger partial charge in [0.25, 0.3) is 0 Å². The zero-order valence-corrected chi connectivity index (χ0v) is 15.7. The lowest BCUT2D eigenvalue weighted by molar-refractivity contribution is 0.336. The molecule has 1 aromatic heterocycles. The van der Waals surface area contributed by atoms with E-state index < -0.39 is 0 Å². The first kappa shape index (κ1) is 18.0. The van der Waals surface area contributed by atoms with Gasteiger partial charge in [-0.05, 0) is 42.5 Å². The molecule has 1 saturated carbocycles. The second-order valence-electron chi connectivity index (χ2n) is 7.01. The van der Waals surface area contributed by atoms with Crippen LogP contribution in [0.2, 0.25) is 5.02 Å². The third kappa shape index (κ3) is 3.98. The van der Waals surface area contributed by atoms with Gasteiger partial charge in [-0.3, -0.25) is 0 Å². The van der Waals surface area contributed by atoms with Gasteiger partial charge in [0, 0.05) is 38.6 Å². The number of nitrogens with zero attached hydrogens (tertiary/aromatic N) is 5. The molecule has 0 unspecified atom stereocenters. The zero-order chi connectivity index (χ0) is 18.8. The van der Waals surface area contributed by atoms with Crippen molar-refractivity contribution in [1.29, 1.82) is 0 Å². The summed E-state index contributed by atoms with van der Waals surface area (Å²) < 4.78 is 13.3. The Bertz CT molecular complexity index is 816. The SMILES string of the molecule is NC(=NC1CC(c2ccc(F)c(Cl)c2)C1)N1CCN(c2ncccn2)CC1. The van der Waals surface area contributed by atoms with Crippen LogP contribution in [-0.4, -0.2) is 53.0 Å². The van der Waals surface area contributed by atoms with Crippen molar-refractivity contribution < 1.29 is 4.39 Å². The molecule has 4 rings (SSSR count). The van der Waals surface area contributed by atoms with Gasteiger partial charge in [-0.15, -0.1) is 0 Å². The fourth-order valence-electron chi connectivity index (χ4n) is 3.59. The third-order valence-electron chi connectivity index (χ3n) is 5.28. The number of benzene rings is 1. The highest BCUT2D eigenvalue weighted by Crippen LogP contribution is 2.39. The minimum Gasteiger partial charge on any atom is -0.370 e. The molecule has 0 spiro atoms. The van der Waals surface area contributed by atoms with Gasteiger partial charge in [0.2, 0.25) is 5.95 Å². The van der Waals surface area contributed by atoms with E-state index in [1.165, 1.54) is 6.07 Å². The number of nitrogens with two attached hydrogens (primary N) is 1. The molecule has 2 aromatic rings. The van der Waals surface area contributed by atoms with Crippen LogP contribution in [-0.2, 0) is 0 Å². The minimum atomic E-state index is -0.376. The number of halogens is 2. The Kier molecular flexibility index (Phi) is 5.11. The first-order chi connectivity index (χ1) is 13.1. The summed E-state index contributed by atoms with van der Waals surface area (Å²) in [7, 11) is 0. The standard InChI is InChI=1S/C19H22ClFN6/c20-16-12-13(2-3-17(16)21)14-10-15(11-14)25-18(22)26-6-8-27(9-7-26)19-23-4-1-5-24-19/h1-5,12,14-15H,6-11H2,(H2,22,25). The van der Waals surface area contributed by atoms with Crippen LogP contribution >= 0.6 is 11.6 Å². The van der Waals surface area contributed by atoms with Crippen LogP contribution in [0.25, 0.3) is 0 Å². The summed E-state index contributed by atoms with van der Waals surface area (Å²) in [5.74, 6) is 1.35. The van der Waals surface area contributed by atoms with Gasteiger partial charge in [0.15, 0.2) is 5.96 Å². The second kappa shape index (κ2) is 7.68. The maximum absolute atomic E-state index is 13.3. The van der Waals surface area contributed by atoms with Crippen molar-refractivity contribution >= 4 is 23.5 Å². The average Bonchev–Trinajstić information content (AvgIpc) is 2.67. The molecule has 1 aliphatic carbocycles. The highest BCUT2D eigenvalue weighted by molar-refractivity contribution is 6.30. The molecule has 0 bridgehead atoms. The Labute approximate surface area is 162 Å². The smallest absolute Gasteiger partial charge is 0.225 e. The molecule has 1 aliphatic heterocycles. The second-order valence-corrected chi connectivity index (χ2v) is 7.41. The van der Waals surface area contributed by atoms with E-state index in [9.17, 15) is 4.39 Å². The van der Waals surface area contributed by atoms with Gasteiger partial charge in [-0.2, -0.15) is 0 Å². The summed E-state index contributed by atoms with van der Waals surface area (Å²) in [5, 5.41) is 0.180. The number of hydrogen-bond donors (Lipinski definition) is 1. The van der Waals surface area contributed by atoms with Crippen LogP contribution in [0.15, 0.2) is 41.7 Å². The molecule has 0 radical (unpaired) electrons. The number of aromatic nitrogens is 2. The van der Waals surface area contributed by atoms with Gasteiger partial charge in [0.1, 0.15) is 5.82 Å². The fourth-order valence-corrected chi connectivity index (χ4v) is 3.78. The van der Waals surface area contributed by atoms with Gasteiger partial charge < -0.3 is 15.5 Å². The summed E-state index contributed by atoms with van der Waals surface area (Å²) in [6.45, 7) is 3.25. The highest BCUT2D eigenvalue weighted by atomic mass is 35.5. The van der Waals surface area contributed by atoms with E-state index in [0.29, 0.717) is 11.9 Å². The molecule has 6 nitrogen and oxygen atoms in total. The van der Waals surface area contributed by atoms with Crippen LogP contribution in [0.4, 0.5) is 10.3 Å². The van der Waals surface area contributed by atoms with Crippen molar-refractivity contribution in [2.75, 3.05) is 31.1 Å². The molecule has 27 heavy (non-hydrogen) atoms. The normalized spacial score (nSPS) is 23.3. The Hall–Kier alpha value is -2.41. The highest BCUT2D eigenvalue weighted by Gasteiger charge is 2.31. The molecule has 2 aliphatic rings. The summed E-state index contributed by atoms with van der Waals surface area (Å²) >= 11 is 5.88. The monoisotopic (exact) mass is 388 g/mol. The number of guanidine groups is 1. The quantitative estimate of drug-likeness (QED) is 0.646. The van der Waals surface area contributed by atoms with Gasteiger partial charge >= 0.3 is 0 Å². The van der Waals surface area contributed by atoms with E-state index in [4.69, 9.17) is 17.3 Å². The number of piperazine rings is 1. The Morgan fingerprint density at radius 2 is 1.85 bits per heavy atom. The fraction of sp³-hybridized carbons (Fsp3) is 0.421. The van der Waals surface area contributed by atoms with E-state index in [1.54, 1.807) is 24.5 Å². The van der Waals surface area contributed by atoms with E-state index in [1.807, 2.05) is 6.07 Å². The molecule has 142 valence electrons. The van der Waals surface area contributed by atoms with Crippen molar-refractivity contribution in [2.45, 2.75) is 24.8 Å². The molecule has 2 heterocycles. The lowest BCUT2D eigenvalue weighted by Gasteiger charge is -2.37. The molecule has 2 N–H and O–H groups in total. The first-order valence-electron chi connectivity index (χ1n) is 9.15. The van der Waals surface area contributed by atoms with Crippen LogP contribution in [0, 0.1) is 5.82 Å². The van der Waals surface area contributed by atoms with Crippen LogP contribution < -0.4 is 10.6 Å². The largest absolute Gasteiger partial charge is 0.370 e. The van der Waals surface area contributed by atoms with Crippen LogP contribution in [0.5, 0.6) is 0 Å². The lowest BCUT2D eigenvalue weighted by atomic mass is 9.76. The summed E-state index contributed by atoms with van der Waals surface area (Å²) in [6, 6.07) is 6.99.